The molecule has 0 unspecified atom stereocenters. The Morgan fingerprint density at radius 1 is 0.926 bits per heavy atom. The molecule has 0 fully saturated rings. The molecule has 8 heteroatoms. The van der Waals surface area contributed by atoms with Gasteiger partial charge in [-0.3, -0.25) is 25.2 Å². The quantitative estimate of drug-likeness (QED) is 0.412. The van der Waals surface area contributed by atoms with Crippen LogP contribution in [0.2, 0.25) is 0 Å². The number of nitrogens with zero attached hydrogens (tertiary/aromatic N) is 1. The number of amides is 2. The van der Waals surface area contributed by atoms with Crippen LogP contribution in [-0.4, -0.2) is 26.8 Å². The summed E-state index contributed by atoms with van der Waals surface area (Å²) in [5.74, 6) is -0.517. The zero-order valence-electron chi connectivity index (χ0n) is 14.1. The van der Waals surface area contributed by atoms with Crippen molar-refractivity contribution in [2.75, 3.05) is 0 Å². The van der Waals surface area contributed by atoms with Gasteiger partial charge in [0.05, 0.1) is 23.0 Å². The average Bonchev–Trinajstić information content (AvgIpc) is 3.07. The van der Waals surface area contributed by atoms with Crippen molar-refractivity contribution in [1.29, 1.82) is 0 Å². The maximum Gasteiger partial charge on any atom is 0.270 e. The van der Waals surface area contributed by atoms with Crippen LogP contribution in [0.3, 0.4) is 0 Å². The number of hydrazine groups is 1. The van der Waals surface area contributed by atoms with Gasteiger partial charge in [-0.2, -0.15) is 0 Å². The van der Waals surface area contributed by atoms with Gasteiger partial charge in [0.2, 0.25) is 11.5 Å². The standard InChI is InChI=1S/C19H15N5O3/c25-17-9-12(11-5-1-2-6-13(11)22-17)19(27)24-23-18(26)10-16-20-14-7-3-4-8-15(14)21-16/h1-9H,10H2,(H,20,21)(H,22,25)(H,23,26)(H,24,27). The first-order valence-corrected chi connectivity index (χ1v) is 8.25. The van der Waals surface area contributed by atoms with E-state index >= 15 is 0 Å². The Balaban J connectivity index is 1.46. The van der Waals surface area contributed by atoms with Crippen LogP contribution in [0.15, 0.2) is 59.4 Å². The van der Waals surface area contributed by atoms with Gasteiger partial charge in [0.25, 0.3) is 5.91 Å². The fourth-order valence-corrected chi connectivity index (χ4v) is 2.87. The van der Waals surface area contributed by atoms with Crippen LogP contribution in [0.1, 0.15) is 16.2 Å². The number of rotatable bonds is 3. The van der Waals surface area contributed by atoms with Gasteiger partial charge in [0.1, 0.15) is 5.82 Å². The highest BCUT2D eigenvalue weighted by molar-refractivity contribution is 6.06. The fourth-order valence-electron chi connectivity index (χ4n) is 2.87. The predicted molar refractivity (Wildman–Crippen MR) is 100.0 cm³/mol. The molecule has 8 nitrogen and oxygen atoms in total. The molecular formula is C19H15N5O3. The van der Waals surface area contributed by atoms with Gasteiger partial charge >= 0.3 is 0 Å². The third-order valence-electron chi connectivity index (χ3n) is 4.08. The molecule has 0 bridgehead atoms. The number of H-pyrrole nitrogens is 2. The van der Waals surface area contributed by atoms with Crippen LogP contribution in [-0.2, 0) is 11.2 Å². The van der Waals surface area contributed by atoms with Crippen molar-refractivity contribution in [1.82, 2.24) is 25.8 Å². The number of para-hydroxylation sites is 3. The molecule has 4 N–H and O–H groups in total. The molecule has 0 radical (unpaired) electrons. The van der Waals surface area contributed by atoms with Gasteiger partial charge in [-0.1, -0.05) is 30.3 Å². The number of hydrogen-bond donors (Lipinski definition) is 4. The highest BCUT2D eigenvalue weighted by Crippen LogP contribution is 2.14. The van der Waals surface area contributed by atoms with E-state index in [-0.39, 0.29) is 12.0 Å². The molecule has 0 aliphatic rings. The summed E-state index contributed by atoms with van der Waals surface area (Å²) in [5.41, 5.74) is 6.61. The van der Waals surface area contributed by atoms with Crippen molar-refractivity contribution in [2.45, 2.75) is 6.42 Å². The molecule has 0 saturated carbocycles. The van der Waals surface area contributed by atoms with E-state index in [1.54, 1.807) is 24.3 Å². The largest absolute Gasteiger partial charge is 0.342 e. The molecule has 0 atom stereocenters. The number of fused-ring (bicyclic) bond motifs is 2. The summed E-state index contributed by atoms with van der Waals surface area (Å²) in [5, 5.41) is 0.584. The molecule has 0 spiro atoms. The Bertz CT molecular complexity index is 1190. The second kappa shape index (κ2) is 6.75. The van der Waals surface area contributed by atoms with E-state index in [9.17, 15) is 14.4 Å². The zero-order valence-corrected chi connectivity index (χ0v) is 14.1. The summed E-state index contributed by atoms with van der Waals surface area (Å²) < 4.78 is 0. The van der Waals surface area contributed by atoms with Crippen molar-refractivity contribution < 1.29 is 9.59 Å². The highest BCUT2D eigenvalue weighted by Gasteiger charge is 2.13. The number of aromatic amines is 2. The lowest BCUT2D eigenvalue weighted by Crippen LogP contribution is -2.42. The van der Waals surface area contributed by atoms with Crippen molar-refractivity contribution >= 4 is 33.8 Å². The van der Waals surface area contributed by atoms with Gasteiger partial charge in [-0.25, -0.2) is 4.98 Å². The Kier molecular flexibility index (Phi) is 4.13. The van der Waals surface area contributed by atoms with Gasteiger partial charge in [-0.15, -0.1) is 0 Å². The Morgan fingerprint density at radius 3 is 2.48 bits per heavy atom. The smallest absolute Gasteiger partial charge is 0.270 e. The lowest BCUT2D eigenvalue weighted by molar-refractivity contribution is -0.121. The van der Waals surface area contributed by atoms with Gasteiger partial charge < -0.3 is 9.97 Å². The number of aromatic nitrogens is 3. The molecule has 4 rings (SSSR count). The minimum absolute atomic E-state index is 0.0227. The third kappa shape index (κ3) is 3.40. The van der Waals surface area contributed by atoms with Crippen LogP contribution >= 0.6 is 0 Å². The Hall–Kier alpha value is -3.94. The maximum absolute atomic E-state index is 12.4. The molecular weight excluding hydrogens is 346 g/mol. The molecule has 0 saturated heterocycles. The number of carbonyl (C=O) groups excluding carboxylic acids is 2. The van der Waals surface area contributed by atoms with E-state index in [4.69, 9.17) is 0 Å². The van der Waals surface area contributed by atoms with Gasteiger partial charge in [0.15, 0.2) is 0 Å². The molecule has 134 valence electrons. The molecule has 2 aromatic heterocycles. The van der Waals surface area contributed by atoms with E-state index in [1.165, 1.54) is 6.07 Å². The second-order valence-electron chi connectivity index (χ2n) is 5.97. The number of pyridine rings is 1. The molecule has 2 amide bonds. The summed E-state index contributed by atoms with van der Waals surface area (Å²) in [6.45, 7) is 0. The van der Waals surface area contributed by atoms with Crippen LogP contribution in [0.5, 0.6) is 0 Å². The Labute approximate surface area is 152 Å². The van der Waals surface area contributed by atoms with Crippen molar-refractivity contribution in [3.8, 4) is 0 Å². The van der Waals surface area contributed by atoms with Gasteiger partial charge in [0, 0.05) is 17.0 Å². The summed E-state index contributed by atoms with van der Waals surface area (Å²) >= 11 is 0. The summed E-state index contributed by atoms with van der Waals surface area (Å²) in [6, 6.07) is 15.6. The second-order valence-corrected chi connectivity index (χ2v) is 5.97. The first-order valence-electron chi connectivity index (χ1n) is 8.25. The molecule has 4 aromatic rings. The van der Waals surface area contributed by atoms with Crippen molar-refractivity contribution in [3.05, 3.63) is 76.3 Å². The van der Waals surface area contributed by atoms with Crippen LogP contribution in [0.25, 0.3) is 21.9 Å². The van der Waals surface area contributed by atoms with Crippen LogP contribution in [0.4, 0.5) is 0 Å². The molecule has 0 aliphatic heterocycles. The first kappa shape index (κ1) is 16.5. The number of hydrogen-bond acceptors (Lipinski definition) is 4. The van der Waals surface area contributed by atoms with Gasteiger partial charge in [-0.05, 0) is 18.2 Å². The average molecular weight is 361 g/mol. The number of imidazole rings is 1. The SMILES string of the molecule is O=C(Cc1nc2ccccc2[nH]1)NNC(=O)c1cc(=O)[nH]c2ccccc12. The zero-order chi connectivity index (χ0) is 18.8. The normalized spacial score (nSPS) is 10.8. The topological polar surface area (TPSA) is 120 Å². The van der Waals surface area contributed by atoms with Crippen LogP contribution < -0.4 is 16.4 Å². The van der Waals surface area contributed by atoms with E-state index in [2.05, 4.69) is 25.8 Å². The molecule has 0 aliphatic carbocycles. The number of benzene rings is 2. The van der Waals surface area contributed by atoms with E-state index in [1.807, 2.05) is 24.3 Å². The van der Waals surface area contributed by atoms with E-state index in [0.717, 1.165) is 11.0 Å². The van der Waals surface area contributed by atoms with Crippen molar-refractivity contribution in [2.24, 2.45) is 0 Å². The monoisotopic (exact) mass is 361 g/mol. The molecule has 2 aromatic carbocycles. The third-order valence-corrected chi connectivity index (χ3v) is 4.08. The minimum atomic E-state index is -0.574. The minimum Gasteiger partial charge on any atom is -0.342 e. The van der Waals surface area contributed by atoms with Crippen LogP contribution in [0, 0.1) is 0 Å². The highest BCUT2D eigenvalue weighted by atomic mass is 16.2. The van der Waals surface area contributed by atoms with Crippen molar-refractivity contribution in [3.63, 3.8) is 0 Å². The summed E-state index contributed by atoms with van der Waals surface area (Å²) in [4.78, 5) is 46.3. The Morgan fingerprint density at radius 2 is 1.67 bits per heavy atom. The first-order chi connectivity index (χ1) is 13.1. The molecule has 2 heterocycles. The lowest BCUT2D eigenvalue weighted by atomic mass is 10.1. The summed E-state index contributed by atoms with van der Waals surface area (Å²) in [6.07, 6.45) is -0.0227. The molecule has 27 heavy (non-hydrogen) atoms. The lowest BCUT2D eigenvalue weighted by Gasteiger charge is -2.08. The van der Waals surface area contributed by atoms with E-state index in [0.29, 0.717) is 16.7 Å². The number of nitrogens with one attached hydrogen (secondary N) is 4. The number of carbonyl (C=O) groups is 2. The van der Waals surface area contributed by atoms with E-state index < -0.39 is 17.4 Å². The maximum atomic E-state index is 12.4. The summed E-state index contributed by atoms with van der Waals surface area (Å²) in [7, 11) is 0. The predicted octanol–water partition coefficient (Wildman–Crippen LogP) is 1.41. The fraction of sp³-hybridized carbons (Fsp3) is 0.0526.